The van der Waals surface area contributed by atoms with Crippen molar-refractivity contribution in [3.05, 3.63) is 59.3 Å². The lowest BCUT2D eigenvalue weighted by atomic mass is 9.90. The molecular formula is C29H38FN7O2. The van der Waals surface area contributed by atoms with E-state index in [9.17, 15) is 14.3 Å². The number of piperazine rings is 1. The van der Waals surface area contributed by atoms with Gasteiger partial charge in [-0.1, -0.05) is 26.0 Å². The molecule has 1 amide bonds. The predicted octanol–water partition coefficient (Wildman–Crippen LogP) is 1.81. The van der Waals surface area contributed by atoms with E-state index in [1.165, 1.54) is 12.1 Å². The Morgan fingerprint density at radius 2 is 2.03 bits per heavy atom. The fraction of sp³-hybridized carbons (Fsp3) is 0.552. The molecule has 0 aliphatic carbocycles. The van der Waals surface area contributed by atoms with E-state index in [-0.39, 0.29) is 29.3 Å². The number of nitrogens with zero attached hydrogens (tertiary/aromatic N) is 6. The van der Waals surface area contributed by atoms with Crippen LogP contribution in [0.25, 0.3) is 5.65 Å². The Morgan fingerprint density at radius 1 is 1.23 bits per heavy atom. The van der Waals surface area contributed by atoms with Crippen molar-refractivity contribution in [2.45, 2.75) is 57.2 Å². The van der Waals surface area contributed by atoms with Crippen molar-refractivity contribution in [1.29, 1.82) is 0 Å². The number of hydrogen-bond acceptors (Lipinski definition) is 7. The summed E-state index contributed by atoms with van der Waals surface area (Å²) >= 11 is 0. The van der Waals surface area contributed by atoms with Crippen LogP contribution in [0.15, 0.2) is 36.7 Å². The number of carbonyl (C=O) groups excluding carboxylic acids is 1. The molecule has 0 bridgehead atoms. The van der Waals surface area contributed by atoms with Crippen LogP contribution in [0.1, 0.15) is 44.0 Å². The molecule has 2 fully saturated rings. The number of fused-ring (bicyclic) bond motifs is 3. The van der Waals surface area contributed by atoms with Gasteiger partial charge in [-0.2, -0.15) is 5.10 Å². The van der Waals surface area contributed by atoms with E-state index in [0.29, 0.717) is 32.1 Å². The van der Waals surface area contributed by atoms with Gasteiger partial charge in [0, 0.05) is 68.8 Å². The molecule has 3 atom stereocenters. The highest BCUT2D eigenvalue weighted by atomic mass is 19.1. The average molecular weight is 536 g/mol. The number of aliphatic hydroxyl groups excluding tert-OH is 1. The van der Waals surface area contributed by atoms with E-state index in [0.717, 1.165) is 60.8 Å². The number of hydrogen-bond donors (Lipinski definition) is 2. The molecule has 1 aromatic carbocycles. The summed E-state index contributed by atoms with van der Waals surface area (Å²) in [4.78, 5) is 25.1. The van der Waals surface area contributed by atoms with Gasteiger partial charge in [0.05, 0.1) is 24.0 Å². The first-order chi connectivity index (χ1) is 18.7. The highest BCUT2D eigenvalue weighted by Gasteiger charge is 2.42. The second kappa shape index (κ2) is 10.2. The number of carbonyl (C=O) groups is 1. The van der Waals surface area contributed by atoms with E-state index in [1.54, 1.807) is 18.5 Å². The maximum Gasteiger partial charge on any atom is 0.241 e. The molecule has 2 saturated heterocycles. The summed E-state index contributed by atoms with van der Waals surface area (Å²) in [6.45, 7) is 11.4. The molecule has 0 unspecified atom stereocenters. The lowest BCUT2D eigenvalue weighted by Gasteiger charge is -2.41. The number of β-amino-alcohol motifs (C(OH)–C–C–N with tert-alkyl or cyclic N) is 1. The topological polar surface area (TPSA) is 89.2 Å². The number of nitrogens with one attached hydrogen (secondary N) is 1. The number of benzene rings is 1. The Balaban J connectivity index is 1.28. The third-order valence-corrected chi connectivity index (χ3v) is 8.48. The minimum absolute atomic E-state index is 0.0783. The van der Waals surface area contributed by atoms with Gasteiger partial charge in [0.15, 0.2) is 5.65 Å². The standard InChI is InChI=1S/C29H38FN7O2/c1-19-13-35(23(12-31-19)14-34-9-8-24(38)15-34)16-26(39)36-17-29(2,3)27-25(36)11-21(28-32-18-33-37(27)28)10-20-4-6-22(30)7-5-20/h4-7,11,18-19,23-24,31,38H,8-10,12-17H2,1-3H3/t19-,23-,24+/m1/s1. The molecule has 3 aromatic rings. The van der Waals surface area contributed by atoms with Crippen LogP contribution in [-0.2, 0) is 16.6 Å². The van der Waals surface area contributed by atoms with Gasteiger partial charge < -0.3 is 15.3 Å². The van der Waals surface area contributed by atoms with Gasteiger partial charge in [0.1, 0.15) is 12.1 Å². The van der Waals surface area contributed by atoms with Crippen LogP contribution in [0.3, 0.4) is 0 Å². The second-order valence-corrected chi connectivity index (χ2v) is 12.2. The summed E-state index contributed by atoms with van der Waals surface area (Å²) in [6.07, 6.45) is 2.69. The third kappa shape index (κ3) is 5.18. The van der Waals surface area contributed by atoms with E-state index < -0.39 is 0 Å². The van der Waals surface area contributed by atoms with Crippen LogP contribution in [0.4, 0.5) is 10.1 Å². The lowest BCUT2D eigenvalue weighted by molar-refractivity contribution is -0.120. The van der Waals surface area contributed by atoms with Crippen molar-refractivity contribution in [2.75, 3.05) is 50.7 Å². The van der Waals surface area contributed by atoms with Gasteiger partial charge in [-0.15, -0.1) is 0 Å². The van der Waals surface area contributed by atoms with Crippen LogP contribution in [-0.4, -0.2) is 99.4 Å². The van der Waals surface area contributed by atoms with Gasteiger partial charge in [-0.05, 0) is 37.1 Å². The van der Waals surface area contributed by atoms with Gasteiger partial charge in [-0.25, -0.2) is 13.9 Å². The average Bonchev–Trinajstić information content (AvgIpc) is 3.60. The zero-order valence-electron chi connectivity index (χ0n) is 23.0. The van der Waals surface area contributed by atoms with E-state index in [4.69, 9.17) is 0 Å². The number of pyridine rings is 1. The Labute approximate surface area is 228 Å². The number of amides is 1. The smallest absolute Gasteiger partial charge is 0.241 e. The third-order valence-electron chi connectivity index (χ3n) is 8.48. The van der Waals surface area contributed by atoms with Crippen LogP contribution in [0, 0.1) is 5.82 Å². The summed E-state index contributed by atoms with van der Waals surface area (Å²) in [5.74, 6) is -0.185. The molecule has 5 heterocycles. The number of halogens is 1. The summed E-state index contributed by atoms with van der Waals surface area (Å²) in [6, 6.07) is 9.10. The number of likely N-dealkylation sites (tertiary alicyclic amines) is 1. The summed E-state index contributed by atoms with van der Waals surface area (Å²) < 4.78 is 15.4. The summed E-state index contributed by atoms with van der Waals surface area (Å²) in [7, 11) is 0. The van der Waals surface area contributed by atoms with Crippen molar-refractivity contribution < 1.29 is 14.3 Å². The van der Waals surface area contributed by atoms with Crippen molar-refractivity contribution in [3.63, 3.8) is 0 Å². The zero-order chi connectivity index (χ0) is 27.3. The maximum absolute atomic E-state index is 14.0. The first-order valence-electron chi connectivity index (χ1n) is 14.0. The molecule has 0 saturated carbocycles. The molecule has 9 nitrogen and oxygen atoms in total. The lowest BCUT2D eigenvalue weighted by Crippen LogP contribution is -2.60. The summed E-state index contributed by atoms with van der Waals surface area (Å²) in [5, 5.41) is 18.1. The van der Waals surface area contributed by atoms with Crippen LogP contribution in [0.2, 0.25) is 0 Å². The molecule has 2 N–H and O–H groups in total. The van der Waals surface area contributed by atoms with Crippen molar-refractivity contribution in [3.8, 4) is 0 Å². The largest absolute Gasteiger partial charge is 0.392 e. The predicted molar refractivity (Wildman–Crippen MR) is 147 cm³/mol. The Morgan fingerprint density at radius 3 is 2.77 bits per heavy atom. The fourth-order valence-electron chi connectivity index (χ4n) is 6.54. The molecule has 3 aliphatic heterocycles. The van der Waals surface area contributed by atoms with E-state index in [2.05, 4.69) is 52.0 Å². The molecule has 10 heteroatoms. The van der Waals surface area contributed by atoms with Gasteiger partial charge in [0.25, 0.3) is 0 Å². The monoisotopic (exact) mass is 535 g/mol. The highest BCUT2D eigenvalue weighted by molar-refractivity contribution is 5.97. The van der Waals surface area contributed by atoms with Gasteiger partial charge in [0.2, 0.25) is 5.91 Å². The maximum atomic E-state index is 14.0. The molecule has 6 rings (SSSR count). The molecule has 39 heavy (non-hydrogen) atoms. The molecule has 3 aliphatic rings. The van der Waals surface area contributed by atoms with E-state index >= 15 is 0 Å². The number of rotatable bonds is 6. The minimum atomic E-state index is -0.298. The molecule has 208 valence electrons. The van der Waals surface area contributed by atoms with Gasteiger partial charge in [-0.3, -0.25) is 14.6 Å². The Bertz CT molecular complexity index is 1360. The van der Waals surface area contributed by atoms with Crippen LogP contribution in [0.5, 0.6) is 0 Å². The molecule has 0 spiro atoms. The SMILES string of the molecule is C[C@@H]1CN(CC(=O)N2CC(C)(C)c3c2cc(Cc2ccc(F)cc2)c2ncnn32)[C@@H](CN2CC[C@H](O)C2)CN1. The second-order valence-electron chi connectivity index (χ2n) is 12.2. The minimum Gasteiger partial charge on any atom is -0.392 e. The normalized spacial score (nSPS) is 25.5. The Hall–Kier alpha value is -2.92. The molecular weight excluding hydrogens is 497 g/mol. The zero-order valence-corrected chi connectivity index (χ0v) is 23.0. The van der Waals surface area contributed by atoms with Crippen LogP contribution >= 0.6 is 0 Å². The Kier molecular flexibility index (Phi) is 6.91. The van der Waals surface area contributed by atoms with Crippen molar-refractivity contribution >= 4 is 17.2 Å². The van der Waals surface area contributed by atoms with Crippen molar-refractivity contribution in [2.24, 2.45) is 0 Å². The van der Waals surface area contributed by atoms with Crippen LogP contribution < -0.4 is 10.2 Å². The highest BCUT2D eigenvalue weighted by Crippen LogP contribution is 2.42. The number of aromatic nitrogens is 3. The first kappa shape index (κ1) is 26.3. The molecule has 2 aromatic heterocycles. The number of aliphatic hydroxyl groups is 1. The molecule has 0 radical (unpaired) electrons. The first-order valence-corrected chi connectivity index (χ1v) is 14.0. The van der Waals surface area contributed by atoms with E-state index in [1.807, 2.05) is 9.42 Å². The van der Waals surface area contributed by atoms with Crippen molar-refractivity contribution in [1.82, 2.24) is 29.7 Å². The quantitative estimate of drug-likeness (QED) is 0.498. The fourth-order valence-corrected chi connectivity index (χ4v) is 6.54. The van der Waals surface area contributed by atoms with Gasteiger partial charge >= 0.3 is 0 Å². The number of anilines is 1. The summed E-state index contributed by atoms with van der Waals surface area (Å²) in [5.41, 5.74) is 4.26.